The second-order valence-corrected chi connectivity index (χ2v) is 6.30. The van der Waals surface area contributed by atoms with Gasteiger partial charge in [-0.05, 0) is 17.7 Å². The second kappa shape index (κ2) is 6.90. The van der Waals surface area contributed by atoms with Crippen molar-refractivity contribution in [1.82, 2.24) is 24.6 Å². The lowest BCUT2D eigenvalue weighted by molar-refractivity contribution is 0.492. The van der Waals surface area contributed by atoms with Crippen molar-refractivity contribution in [3.8, 4) is 11.3 Å². The molecule has 7 heteroatoms. The van der Waals surface area contributed by atoms with E-state index in [4.69, 9.17) is 0 Å². The van der Waals surface area contributed by atoms with Crippen LogP contribution in [0.4, 0.5) is 0 Å². The first-order chi connectivity index (χ1) is 13.1. The van der Waals surface area contributed by atoms with Crippen LogP contribution in [0.5, 0.6) is 0 Å². The molecule has 0 amide bonds. The fourth-order valence-electron chi connectivity index (χ4n) is 2.81. The van der Waals surface area contributed by atoms with Crippen LogP contribution < -0.4 is 5.43 Å². The van der Waals surface area contributed by atoms with Crippen molar-refractivity contribution in [2.45, 2.75) is 6.42 Å². The summed E-state index contributed by atoms with van der Waals surface area (Å²) in [6, 6.07) is 11.5. The van der Waals surface area contributed by atoms with Gasteiger partial charge in [-0.25, -0.2) is 4.68 Å². The smallest absolute Gasteiger partial charge is 0.203 e. The van der Waals surface area contributed by atoms with Crippen LogP contribution in [0.3, 0.4) is 0 Å². The monoisotopic (exact) mass is 358 g/mol. The molecule has 0 saturated heterocycles. The summed E-state index contributed by atoms with van der Waals surface area (Å²) in [6.45, 7) is 0. The zero-order valence-electron chi connectivity index (χ0n) is 15.1. The van der Waals surface area contributed by atoms with Gasteiger partial charge in [-0.2, -0.15) is 15.3 Å². The summed E-state index contributed by atoms with van der Waals surface area (Å²) >= 11 is 0. The molecular weight excluding hydrogens is 340 g/mol. The molecule has 27 heavy (non-hydrogen) atoms. The third-order valence-corrected chi connectivity index (χ3v) is 4.20. The van der Waals surface area contributed by atoms with Gasteiger partial charge in [0.1, 0.15) is 11.4 Å². The zero-order chi connectivity index (χ0) is 18.8. The average molecular weight is 358 g/mol. The highest BCUT2D eigenvalue weighted by Gasteiger charge is 2.09. The number of rotatable bonds is 4. The molecular formula is C20H18N6O. The Balaban J connectivity index is 1.65. The van der Waals surface area contributed by atoms with Crippen LogP contribution in [0, 0.1) is 0 Å². The maximum atomic E-state index is 12.3. The molecule has 1 aromatic carbocycles. The predicted octanol–water partition coefficient (Wildman–Crippen LogP) is 2.12. The first-order valence-electron chi connectivity index (χ1n) is 8.50. The number of hydrogen-bond donors (Lipinski definition) is 0. The summed E-state index contributed by atoms with van der Waals surface area (Å²) in [7, 11) is 3.71. The van der Waals surface area contributed by atoms with E-state index in [-0.39, 0.29) is 5.43 Å². The summed E-state index contributed by atoms with van der Waals surface area (Å²) in [5.41, 5.74) is 7.05. The summed E-state index contributed by atoms with van der Waals surface area (Å²) in [5, 5.41) is 14.7. The molecule has 0 aliphatic carbocycles. The summed E-state index contributed by atoms with van der Waals surface area (Å²) < 4.78 is 3.39. The van der Waals surface area contributed by atoms with Crippen molar-refractivity contribution < 1.29 is 0 Å². The lowest BCUT2D eigenvalue weighted by Crippen LogP contribution is -2.18. The number of hydrazone groups is 1. The van der Waals surface area contributed by atoms with Crippen molar-refractivity contribution in [1.29, 1.82) is 0 Å². The number of hydrogen-bond acceptors (Lipinski definition) is 5. The van der Waals surface area contributed by atoms with E-state index < -0.39 is 0 Å². The van der Waals surface area contributed by atoms with Gasteiger partial charge in [0.05, 0.1) is 18.1 Å². The molecule has 3 heterocycles. The van der Waals surface area contributed by atoms with Crippen LogP contribution in [-0.2, 0) is 13.5 Å². The second-order valence-electron chi connectivity index (χ2n) is 6.30. The summed E-state index contributed by atoms with van der Waals surface area (Å²) in [4.78, 5) is 12.3. The Hall–Kier alpha value is -3.70. The summed E-state index contributed by atoms with van der Waals surface area (Å²) in [5.74, 6) is 0. The quantitative estimate of drug-likeness (QED) is 0.670. The largest absolute Gasteiger partial charge is 0.288 e. The molecule has 3 aromatic rings. The summed E-state index contributed by atoms with van der Waals surface area (Å²) in [6.07, 6.45) is 7.34. The lowest BCUT2D eigenvalue weighted by Gasteiger charge is -2.11. The number of nitrogens with zero attached hydrogens (tertiary/aromatic N) is 6. The Morgan fingerprint density at radius 1 is 1.07 bits per heavy atom. The molecule has 0 fully saturated rings. The van der Waals surface area contributed by atoms with Crippen LogP contribution in [0.25, 0.3) is 17.0 Å². The fourth-order valence-corrected chi connectivity index (χ4v) is 2.81. The number of allylic oxidation sites excluding steroid dienone is 1. The minimum atomic E-state index is -0.0936. The Kier molecular flexibility index (Phi) is 4.28. The predicted molar refractivity (Wildman–Crippen MR) is 104 cm³/mol. The third kappa shape index (κ3) is 3.63. The third-order valence-electron chi connectivity index (χ3n) is 4.20. The van der Waals surface area contributed by atoms with Crippen LogP contribution in [0.2, 0.25) is 0 Å². The van der Waals surface area contributed by atoms with Gasteiger partial charge in [0.15, 0.2) is 0 Å². The van der Waals surface area contributed by atoms with E-state index in [2.05, 4.69) is 21.0 Å². The molecule has 2 aromatic heterocycles. The van der Waals surface area contributed by atoms with Gasteiger partial charge < -0.3 is 0 Å². The van der Waals surface area contributed by atoms with Crippen LogP contribution in [0.15, 0.2) is 70.6 Å². The van der Waals surface area contributed by atoms with E-state index in [1.807, 2.05) is 50.6 Å². The first kappa shape index (κ1) is 16.8. The van der Waals surface area contributed by atoms with Gasteiger partial charge in [-0.1, -0.05) is 23.9 Å². The van der Waals surface area contributed by atoms with Crippen LogP contribution >= 0.6 is 0 Å². The van der Waals surface area contributed by atoms with E-state index >= 15 is 0 Å². The molecule has 0 unspecified atom stereocenters. The topological polar surface area (TPSA) is 68.3 Å². The van der Waals surface area contributed by atoms with E-state index in [0.717, 1.165) is 16.8 Å². The maximum Gasteiger partial charge on any atom is 0.203 e. The average Bonchev–Trinajstić information content (AvgIpc) is 3.11. The van der Waals surface area contributed by atoms with Gasteiger partial charge in [-0.3, -0.25) is 14.5 Å². The minimum Gasteiger partial charge on any atom is -0.288 e. The van der Waals surface area contributed by atoms with E-state index in [1.54, 1.807) is 33.0 Å². The molecule has 0 N–H and O–H groups in total. The van der Waals surface area contributed by atoms with Crippen LogP contribution in [0.1, 0.15) is 11.3 Å². The maximum absolute atomic E-state index is 12.3. The number of aryl methyl sites for hydroxylation is 1. The van der Waals surface area contributed by atoms with E-state index in [9.17, 15) is 4.79 Å². The lowest BCUT2D eigenvalue weighted by atomic mass is 10.0. The SMILES string of the molecule is CN1C=C=C(n2ccc(=O)c(Cc3cccc(-c4ccn(C)n4)c3)n2)C=N1. The van der Waals surface area contributed by atoms with Crippen molar-refractivity contribution in [3.05, 3.63) is 82.2 Å². The molecule has 1 aliphatic heterocycles. The molecule has 134 valence electrons. The Morgan fingerprint density at radius 3 is 2.70 bits per heavy atom. The van der Waals surface area contributed by atoms with Crippen molar-refractivity contribution >= 4 is 11.9 Å². The van der Waals surface area contributed by atoms with Crippen molar-refractivity contribution in [2.75, 3.05) is 7.05 Å². The molecule has 0 saturated carbocycles. The van der Waals surface area contributed by atoms with Crippen molar-refractivity contribution in [2.24, 2.45) is 12.1 Å². The highest BCUT2D eigenvalue weighted by Crippen LogP contribution is 2.19. The number of aromatic nitrogens is 4. The molecule has 0 spiro atoms. The molecule has 1 aliphatic rings. The molecule has 4 rings (SSSR count). The molecule has 0 atom stereocenters. The molecule has 0 bridgehead atoms. The van der Waals surface area contributed by atoms with Crippen LogP contribution in [-0.4, -0.2) is 37.8 Å². The number of benzene rings is 1. The van der Waals surface area contributed by atoms with Gasteiger partial charge in [-0.15, -0.1) is 0 Å². The normalized spacial score (nSPS) is 13.1. The Labute approximate surface area is 156 Å². The van der Waals surface area contributed by atoms with Gasteiger partial charge in [0, 0.05) is 44.5 Å². The fraction of sp³-hybridized carbons (Fsp3) is 0.150. The zero-order valence-corrected chi connectivity index (χ0v) is 15.1. The molecule has 0 radical (unpaired) electrons. The van der Waals surface area contributed by atoms with Gasteiger partial charge >= 0.3 is 0 Å². The molecule has 7 nitrogen and oxygen atoms in total. The first-order valence-corrected chi connectivity index (χ1v) is 8.50. The van der Waals surface area contributed by atoms with E-state index in [0.29, 0.717) is 17.8 Å². The highest BCUT2D eigenvalue weighted by atomic mass is 16.1. The Morgan fingerprint density at radius 2 is 1.96 bits per heavy atom. The van der Waals surface area contributed by atoms with Crippen molar-refractivity contribution in [3.63, 3.8) is 0 Å². The highest BCUT2D eigenvalue weighted by molar-refractivity contribution is 6.01. The van der Waals surface area contributed by atoms with E-state index in [1.165, 1.54) is 6.07 Å². The standard InChI is InChI=1S/C20H18N6O/c1-24-9-6-17(14-21-24)26-11-8-20(27)19(23-26)13-15-4-3-5-16(12-15)18-7-10-25(2)22-18/h3-5,7-12,14H,13H2,1-2H3. The minimum absolute atomic E-state index is 0.0936. The van der Waals surface area contributed by atoms with Gasteiger partial charge in [0.25, 0.3) is 0 Å². The Bertz CT molecular complexity index is 1150. The van der Waals surface area contributed by atoms with Gasteiger partial charge in [0.2, 0.25) is 5.43 Å².